The zero-order chi connectivity index (χ0) is 23.7. The molecule has 1 aliphatic rings. The molecule has 1 aliphatic carbocycles. The molecule has 8 heteroatoms. The van der Waals surface area contributed by atoms with Crippen molar-refractivity contribution in [1.29, 1.82) is 0 Å². The van der Waals surface area contributed by atoms with Crippen LogP contribution in [0.25, 0.3) is 16.9 Å². The van der Waals surface area contributed by atoms with Crippen molar-refractivity contribution < 1.29 is 14.2 Å². The predicted octanol–water partition coefficient (Wildman–Crippen LogP) is 5.53. The molecule has 176 valence electrons. The summed E-state index contributed by atoms with van der Waals surface area (Å²) in [7, 11) is 4.91. The molecule has 2 aromatic carbocycles. The molecule has 1 N–H and O–H groups in total. The van der Waals surface area contributed by atoms with Crippen LogP contribution in [0.3, 0.4) is 0 Å². The van der Waals surface area contributed by atoms with Crippen molar-refractivity contribution in [3.8, 4) is 28.6 Å². The Morgan fingerprint density at radius 2 is 1.71 bits per heavy atom. The second kappa shape index (κ2) is 9.21. The second-order valence-electron chi connectivity index (χ2n) is 8.51. The highest BCUT2D eigenvalue weighted by Gasteiger charge is 2.26. The molecule has 2 heterocycles. The van der Waals surface area contributed by atoms with Crippen molar-refractivity contribution >= 4 is 17.0 Å². The third kappa shape index (κ3) is 4.00. The van der Waals surface area contributed by atoms with Crippen molar-refractivity contribution in [3.05, 3.63) is 54.0 Å². The van der Waals surface area contributed by atoms with Gasteiger partial charge in [0.1, 0.15) is 17.1 Å². The molecule has 8 nitrogen and oxygen atoms in total. The van der Waals surface area contributed by atoms with Gasteiger partial charge in [0.15, 0.2) is 23.1 Å². The van der Waals surface area contributed by atoms with Crippen LogP contribution in [0.15, 0.2) is 42.5 Å². The Labute approximate surface area is 198 Å². The van der Waals surface area contributed by atoms with E-state index in [1.54, 1.807) is 21.3 Å². The number of anilines is 2. The molecule has 4 aromatic rings. The summed E-state index contributed by atoms with van der Waals surface area (Å²) in [6, 6.07) is 13.5. The number of methoxy groups -OCH3 is 3. The summed E-state index contributed by atoms with van der Waals surface area (Å²) in [5, 5.41) is 8.44. The lowest BCUT2D eigenvalue weighted by Gasteiger charge is -2.14. The minimum Gasteiger partial charge on any atom is -0.497 e. The lowest BCUT2D eigenvalue weighted by atomic mass is 10.1. The van der Waals surface area contributed by atoms with Crippen LogP contribution < -0.4 is 19.5 Å². The average Bonchev–Trinajstić information content (AvgIpc) is 3.52. The second-order valence-corrected chi connectivity index (χ2v) is 8.51. The summed E-state index contributed by atoms with van der Waals surface area (Å²) in [4.78, 5) is 9.89. The number of rotatable bonds is 7. The first kappa shape index (κ1) is 22.0. The number of imidazole rings is 1. The van der Waals surface area contributed by atoms with Gasteiger partial charge in [-0.3, -0.25) is 0 Å². The molecule has 0 unspecified atom stereocenters. The fourth-order valence-electron chi connectivity index (χ4n) is 4.66. The van der Waals surface area contributed by atoms with Crippen molar-refractivity contribution in [2.75, 3.05) is 26.6 Å². The molecular weight excluding hydrogens is 430 g/mol. The summed E-state index contributed by atoms with van der Waals surface area (Å²) in [5.74, 6) is 4.74. The Morgan fingerprint density at radius 1 is 0.912 bits per heavy atom. The summed E-state index contributed by atoms with van der Waals surface area (Å²) in [6.07, 6.45) is 4.71. The van der Waals surface area contributed by atoms with Gasteiger partial charge in [-0.1, -0.05) is 18.9 Å². The van der Waals surface area contributed by atoms with E-state index in [4.69, 9.17) is 29.3 Å². The molecular formula is C26H29N5O3. The molecule has 1 fully saturated rings. The largest absolute Gasteiger partial charge is 0.497 e. The van der Waals surface area contributed by atoms with Gasteiger partial charge in [0.2, 0.25) is 0 Å². The molecule has 0 radical (unpaired) electrons. The zero-order valence-corrected chi connectivity index (χ0v) is 20.0. The van der Waals surface area contributed by atoms with E-state index in [9.17, 15) is 0 Å². The number of hydrogen-bond acceptors (Lipinski definition) is 7. The Bertz CT molecular complexity index is 1330. The average molecular weight is 460 g/mol. The molecule has 34 heavy (non-hydrogen) atoms. The van der Waals surface area contributed by atoms with Crippen LogP contribution in [0.2, 0.25) is 0 Å². The molecule has 5 rings (SSSR count). The van der Waals surface area contributed by atoms with Crippen LogP contribution in [-0.4, -0.2) is 40.9 Å². The van der Waals surface area contributed by atoms with Crippen molar-refractivity contribution in [2.24, 2.45) is 0 Å². The smallest absolute Gasteiger partial charge is 0.182 e. The molecule has 1 saturated carbocycles. The molecule has 0 bridgehead atoms. The van der Waals surface area contributed by atoms with Crippen LogP contribution in [0, 0.1) is 6.92 Å². The van der Waals surface area contributed by atoms with Gasteiger partial charge in [0, 0.05) is 23.2 Å². The van der Waals surface area contributed by atoms with Crippen LogP contribution in [0.1, 0.15) is 43.1 Å². The number of benzene rings is 2. The minimum absolute atomic E-state index is 0.402. The van der Waals surface area contributed by atoms with Gasteiger partial charge in [-0.15, -0.1) is 5.10 Å². The summed E-state index contributed by atoms with van der Waals surface area (Å²) < 4.78 is 18.3. The third-order valence-electron chi connectivity index (χ3n) is 6.39. The molecule has 2 aromatic heterocycles. The summed E-state index contributed by atoms with van der Waals surface area (Å²) >= 11 is 0. The predicted molar refractivity (Wildman–Crippen MR) is 132 cm³/mol. The van der Waals surface area contributed by atoms with E-state index < -0.39 is 0 Å². The normalized spacial score (nSPS) is 13.9. The topological polar surface area (TPSA) is 82.8 Å². The van der Waals surface area contributed by atoms with Crippen molar-refractivity contribution in [2.45, 2.75) is 38.5 Å². The van der Waals surface area contributed by atoms with Crippen LogP contribution >= 0.6 is 0 Å². The van der Waals surface area contributed by atoms with E-state index >= 15 is 0 Å². The molecule has 0 saturated heterocycles. The maximum atomic E-state index is 5.52. The van der Waals surface area contributed by atoms with E-state index in [1.807, 2.05) is 53.9 Å². The minimum atomic E-state index is 0.402. The van der Waals surface area contributed by atoms with Crippen LogP contribution in [0.4, 0.5) is 11.5 Å². The molecule has 0 amide bonds. The standard InChI is InChI=1S/C26H29N5O3/c1-16-23-25(28-19-10-7-11-20(15-19)32-2)29-24(18-12-13-21(33-3)22(14-18)34-4)30-31(23)26(27-16)17-8-5-6-9-17/h7,10-15,17H,5-6,8-9H2,1-4H3,(H,28,29,30). The van der Waals surface area contributed by atoms with Gasteiger partial charge in [0.25, 0.3) is 0 Å². The number of aryl methyl sites for hydroxylation is 1. The maximum absolute atomic E-state index is 5.52. The first-order chi connectivity index (χ1) is 16.6. The van der Waals surface area contributed by atoms with E-state index in [0.717, 1.165) is 46.9 Å². The van der Waals surface area contributed by atoms with E-state index in [1.165, 1.54) is 12.8 Å². The van der Waals surface area contributed by atoms with E-state index in [-0.39, 0.29) is 0 Å². The fourth-order valence-corrected chi connectivity index (χ4v) is 4.66. The quantitative estimate of drug-likeness (QED) is 0.389. The highest BCUT2D eigenvalue weighted by atomic mass is 16.5. The summed E-state index contributed by atoms with van der Waals surface area (Å²) in [6.45, 7) is 2.02. The third-order valence-corrected chi connectivity index (χ3v) is 6.39. The monoisotopic (exact) mass is 459 g/mol. The van der Waals surface area contributed by atoms with Gasteiger partial charge in [-0.2, -0.15) is 0 Å². The van der Waals surface area contributed by atoms with Crippen molar-refractivity contribution in [1.82, 2.24) is 19.6 Å². The number of ether oxygens (including phenoxy) is 3. The maximum Gasteiger partial charge on any atom is 0.182 e. The van der Waals surface area contributed by atoms with Gasteiger partial charge in [0.05, 0.1) is 27.0 Å². The van der Waals surface area contributed by atoms with Crippen LogP contribution in [-0.2, 0) is 0 Å². The Balaban J connectivity index is 1.69. The molecule has 0 atom stereocenters. The first-order valence-corrected chi connectivity index (χ1v) is 11.5. The van der Waals surface area contributed by atoms with Gasteiger partial charge >= 0.3 is 0 Å². The number of nitrogens with one attached hydrogen (secondary N) is 1. The summed E-state index contributed by atoms with van der Waals surface area (Å²) in [5.41, 5.74) is 3.50. The first-order valence-electron chi connectivity index (χ1n) is 11.5. The Morgan fingerprint density at radius 3 is 2.44 bits per heavy atom. The number of fused-ring (bicyclic) bond motifs is 1. The highest BCUT2D eigenvalue weighted by Crippen LogP contribution is 2.37. The molecule has 0 aliphatic heterocycles. The number of hydrogen-bond donors (Lipinski definition) is 1. The SMILES string of the molecule is COc1cccc(Nc2nc(-c3ccc(OC)c(OC)c3)nn3c(C4CCCC4)nc(C)c23)c1. The van der Waals surface area contributed by atoms with Gasteiger partial charge in [-0.05, 0) is 50.1 Å². The Kier molecular flexibility index (Phi) is 5.96. The number of nitrogens with zero attached hydrogens (tertiary/aromatic N) is 4. The Hall–Kier alpha value is -3.81. The molecule has 0 spiro atoms. The van der Waals surface area contributed by atoms with Gasteiger partial charge in [-0.25, -0.2) is 14.5 Å². The number of aromatic nitrogens is 4. The van der Waals surface area contributed by atoms with E-state index in [0.29, 0.717) is 29.1 Å². The lowest BCUT2D eigenvalue weighted by molar-refractivity contribution is 0.355. The zero-order valence-electron chi connectivity index (χ0n) is 20.0. The van der Waals surface area contributed by atoms with E-state index in [2.05, 4.69) is 5.32 Å². The fraction of sp³-hybridized carbons (Fsp3) is 0.346. The van der Waals surface area contributed by atoms with Crippen LogP contribution in [0.5, 0.6) is 17.2 Å². The van der Waals surface area contributed by atoms with Gasteiger partial charge < -0.3 is 19.5 Å². The van der Waals surface area contributed by atoms with Crippen molar-refractivity contribution in [3.63, 3.8) is 0 Å². The highest BCUT2D eigenvalue weighted by molar-refractivity contribution is 5.78. The lowest BCUT2D eigenvalue weighted by Crippen LogP contribution is -2.08.